The molecule has 1 heterocycles. The summed E-state index contributed by atoms with van der Waals surface area (Å²) in [5, 5.41) is 3.82. The maximum atomic E-state index is 3.82. The molecule has 0 bridgehead atoms. The van der Waals surface area contributed by atoms with Crippen molar-refractivity contribution in [3.63, 3.8) is 0 Å². The maximum Gasteiger partial charge on any atom is 0.0217 e. The zero-order valence-corrected chi connectivity index (χ0v) is 14.7. The summed E-state index contributed by atoms with van der Waals surface area (Å²) in [5.74, 6) is 1.59. The third kappa shape index (κ3) is 6.11. The minimum absolute atomic E-state index is 0.638. The summed E-state index contributed by atoms with van der Waals surface area (Å²) in [7, 11) is 4.41. The molecule has 1 rings (SSSR count). The Morgan fingerprint density at radius 3 is 2.50 bits per heavy atom. The van der Waals surface area contributed by atoms with Crippen LogP contribution in [0, 0.1) is 11.8 Å². The Bertz CT molecular complexity index is 253. The average molecular weight is 284 g/mol. The molecule has 0 aliphatic carbocycles. The van der Waals surface area contributed by atoms with E-state index in [0.717, 1.165) is 18.4 Å². The molecular weight excluding hydrogens is 246 g/mol. The summed E-state index contributed by atoms with van der Waals surface area (Å²) in [6, 6.07) is 1.29. The van der Waals surface area contributed by atoms with Crippen molar-refractivity contribution >= 4 is 0 Å². The van der Waals surface area contributed by atoms with Crippen molar-refractivity contribution in [3.05, 3.63) is 0 Å². The molecule has 1 saturated heterocycles. The van der Waals surface area contributed by atoms with Crippen LogP contribution >= 0.6 is 0 Å². The molecule has 3 nitrogen and oxygen atoms in total. The van der Waals surface area contributed by atoms with E-state index >= 15 is 0 Å². The number of nitrogens with zero attached hydrogens (tertiary/aromatic N) is 2. The van der Waals surface area contributed by atoms with E-state index in [1.165, 1.54) is 38.9 Å². The molecule has 3 unspecified atom stereocenters. The predicted molar refractivity (Wildman–Crippen MR) is 89.2 cm³/mol. The van der Waals surface area contributed by atoms with Gasteiger partial charge in [0.25, 0.3) is 0 Å². The van der Waals surface area contributed by atoms with E-state index in [1.54, 1.807) is 0 Å². The zero-order valence-electron chi connectivity index (χ0n) is 14.7. The fourth-order valence-corrected chi connectivity index (χ4v) is 3.30. The smallest absolute Gasteiger partial charge is 0.0217 e. The van der Waals surface area contributed by atoms with Gasteiger partial charge in [0.2, 0.25) is 0 Å². The fourth-order valence-electron chi connectivity index (χ4n) is 3.30. The summed E-state index contributed by atoms with van der Waals surface area (Å²) in [6.07, 6.45) is 4.04. The Balaban J connectivity index is 2.38. The molecule has 1 N–H and O–H groups in total. The maximum absolute atomic E-state index is 3.82. The molecule has 0 aromatic rings. The molecule has 1 aliphatic heterocycles. The van der Waals surface area contributed by atoms with Crippen molar-refractivity contribution in [2.24, 2.45) is 11.8 Å². The minimum atomic E-state index is 0.638. The van der Waals surface area contributed by atoms with Gasteiger partial charge in [-0.25, -0.2) is 0 Å². The molecule has 0 radical (unpaired) electrons. The Kier molecular flexibility index (Phi) is 8.08. The lowest BCUT2D eigenvalue weighted by molar-refractivity contribution is 0.150. The van der Waals surface area contributed by atoms with E-state index in [1.807, 2.05) is 0 Å². The van der Waals surface area contributed by atoms with Gasteiger partial charge >= 0.3 is 0 Å². The molecule has 0 aromatic heterocycles. The van der Waals surface area contributed by atoms with Gasteiger partial charge < -0.3 is 15.1 Å². The molecule has 20 heavy (non-hydrogen) atoms. The molecule has 120 valence electrons. The van der Waals surface area contributed by atoms with E-state index < -0.39 is 0 Å². The highest BCUT2D eigenvalue weighted by Gasteiger charge is 2.24. The monoisotopic (exact) mass is 283 g/mol. The Morgan fingerprint density at radius 2 is 1.95 bits per heavy atom. The highest BCUT2D eigenvalue weighted by Crippen LogP contribution is 2.19. The van der Waals surface area contributed by atoms with Crippen LogP contribution in [0.1, 0.15) is 47.0 Å². The van der Waals surface area contributed by atoms with Crippen LogP contribution in [0.4, 0.5) is 0 Å². The summed E-state index contributed by atoms with van der Waals surface area (Å²) in [5.41, 5.74) is 0. The van der Waals surface area contributed by atoms with Gasteiger partial charge in [-0.05, 0) is 65.2 Å². The summed E-state index contributed by atoms with van der Waals surface area (Å²) in [4.78, 5) is 4.98. The van der Waals surface area contributed by atoms with Gasteiger partial charge in [-0.3, -0.25) is 0 Å². The first-order valence-corrected chi connectivity index (χ1v) is 8.56. The molecule has 0 amide bonds. The normalized spacial score (nSPS) is 24.3. The SMILES string of the molecule is CCN1CCCC(C(C)NCC(CC(C)C)N(C)C)C1. The van der Waals surface area contributed by atoms with Gasteiger partial charge in [0.05, 0.1) is 0 Å². The van der Waals surface area contributed by atoms with Gasteiger partial charge in [0, 0.05) is 25.2 Å². The average Bonchev–Trinajstić information content (AvgIpc) is 2.42. The Labute approximate surface area is 127 Å². The van der Waals surface area contributed by atoms with Gasteiger partial charge in [-0.15, -0.1) is 0 Å². The van der Waals surface area contributed by atoms with E-state index in [4.69, 9.17) is 0 Å². The molecule has 0 aromatic carbocycles. The topological polar surface area (TPSA) is 18.5 Å². The standard InChI is InChI=1S/C17H37N3/c1-7-20-10-8-9-16(13-20)15(4)18-12-17(19(5)6)11-14(2)3/h14-18H,7-13H2,1-6H3. The van der Waals surface area contributed by atoms with E-state index in [-0.39, 0.29) is 0 Å². The van der Waals surface area contributed by atoms with Crippen LogP contribution in [0.15, 0.2) is 0 Å². The zero-order chi connectivity index (χ0) is 15.1. The van der Waals surface area contributed by atoms with Crippen LogP contribution in [0.2, 0.25) is 0 Å². The first-order chi connectivity index (χ1) is 9.43. The molecule has 1 fully saturated rings. The predicted octanol–water partition coefficient (Wildman–Crippen LogP) is 2.67. The fraction of sp³-hybridized carbons (Fsp3) is 1.00. The largest absolute Gasteiger partial charge is 0.312 e. The van der Waals surface area contributed by atoms with E-state index in [2.05, 4.69) is 56.9 Å². The van der Waals surface area contributed by atoms with Gasteiger partial charge in [-0.2, -0.15) is 0 Å². The number of rotatable bonds is 8. The minimum Gasteiger partial charge on any atom is -0.312 e. The van der Waals surface area contributed by atoms with Crippen LogP contribution in [-0.4, -0.2) is 62.2 Å². The third-order valence-electron chi connectivity index (χ3n) is 4.85. The van der Waals surface area contributed by atoms with Crippen LogP contribution in [0.25, 0.3) is 0 Å². The van der Waals surface area contributed by atoms with Crippen LogP contribution < -0.4 is 5.32 Å². The first-order valence-electron chi connectivity index (χ1n) is 8.56. The van der Waals surface area contributed by atoms with Crippen molar-refractivity contribution in [1.29, 1.82) is 0 Å². The van der Waals surface area contributed by atoms with Crippen molar-refractivity contribution < 1.29 is 0 Å². The molecule has 3 heteroatoms. The van der Waals surface area contributed by atoms with Gasteiger partial charge in [0.15, 0.2) is 0 Å². The van der Waals surface area contributed by atoms with Gasteiger partial charge in [-0.1, -0.05) is 20.8 Å². The summed E-state index contributed by atoms with van der Waals surface area (Å²) in [6.45, 7) is 14.2. The summed E-state index contributed by atoms with van der Waals surface area (Å²) < 4.78 is 0. The lowest BCUT2D eigenvalue weighted by Crippen LogP contribution is -2.48. The molecule has 0 spiro atoms. The number of nitrogens with one attached hydrogen (secondary N) is 1. The highest BCUT2D eigenvalue weighted by molar-refractivity contribution is 4.82. The van der Waals surface area contributed by atoms with Crippen molar-refractivity contribution in [1.82, 2.24) is 15.1 Å². The molecular formula is C17H37N3. The van der Waals surface area contributed by atoms with Gasteiger partial charge in [0.1, 0.15) is 0 Å². The van der Waals surface area contributed by atoms with E-state index in [9.17, 15) is 0 Å². The number of hydrogen-bond donors (Lipinski definition) is 1. The number of piperidine rings is 1. The first kappa shape index (κ1) is 17.9. The van der Waals surface area contributed by atoms with Crippen molar-refractivity contribution in [2.75, 3.05) is 40.3 Å². The number of likely N-dealkylation sites (N-methyl/N-ethyl adjacent to an activating group) is 1. The third-order valence-corrected chi connectivity index (χ3v) is 4.85. The van der Waals surface area contributed by atoms with E-state index in [0.29, 0.717) is 12.1 Å². The molecule has 1 aliphatic rings. The number of likely N-dealkylation sites (tertiary alicyclic amines) is 1. The second-order valence-corrected chi connectivity index (χ2v) is 7.24. The number of hydrogen-bond acceptors (Lipinski definition) is 3. The second-order valence-electron chi connectivity index (χ2n) is 7.24. The van der Waals surface area contributed by atoms with Crippen LogP contribution in [-0.2, 0) is 0 Å². The summed E-state index contributed by atoms with van der Waals surface area (Å²) >= 11 is 0. The molecule has 0 saturated carbocycles. The van der Waals surface area contributed by atoms with Crippen molar-refractivity contribution in [3.8, 4) is 0 Å². The quantitative estimate of drug-likeness (QED) is 0.739. The lowest BCUT2D eigenvalue weighted by atomic mass is 9.91. The Morgan fingerprint density at radius 1 is 1.25 bits per heavy atom. The lowest BCUT2D eigenvalue weighted by Gasteiger charge is -2.36. The molecule has 3 atom stereocenters. The second kappa shape index (κ2) is 9.01. The Hall–Kier alpha value is -0.120. The van der Waals surface area contributed by atoms with Crippen LogP contribution in [0.3, 0.4) is 0 Å². The van der Waals surface area contributed by atoms with Crippen molar-refractivity contribution in [2.45, 2.75) is 59.0 Å². The van der Waals surface area contributed by atoms with Crippen LogP contribution in [0.5, 0.6) is 0 Å². The highest BCUT2D eigenvalue weighted by atomic mass is 15.1.